The van der Waals surface area contributed by atoms with Crippen molar-refractivity contribution < 1.29 is 28.0 Å². The van der Waals surface area contributed by atoms with E-state index >= 15 is 0 Å². The average Bonchev–Trinajstić information content (AvgIpc) is 2.63. The molecule has 1 N–H and O–H groups in total. The molecule has 0 aromatic heterocycles. The highest BCUT2D eigenvalue weighted by Crippen LogP contribution is 2.28. The van der Waals surface area contributed by atoms with Gasteiger partial charge in [-0.3, -0.25) is 14.9 Å². The number of ether oxygens (including phenoxy) is 1. The molecule has 148 valence electrons. The van der Waals surface area contributed by atoms with Crippen molar-refractivity contribution in [3.8, 4) is 0 Å². The average molecular weight is 393 g/mol. The van der Waals surface area contributed by atoms with Crippen LogP contribution < -0.4 is 10.2 Å². The van der Waals surface area contributed by atoms with Crippen LogP contribution >= 0.6 is 0 Å². The molecule has 0 aliphatic carbocycles. The Hall–Kier alpha value is -3.56. The number of anilines is 2. The predicted molar refractivity (Wildman–Crippen MR) is 97.3 cm³/mol. The summed E-state index contributed by atoms with van der Waals surface area (Å²) in [6.07, 6.45) is -1.36. The summed E-state index contributed by atoms with van der Waals surface area (Å²) in [4.78, 5) is 36.3. The second kappa shape index (κ2) is 8.42. The smallest absolute Gasteiger partial charge is 0.339 e. The summed E-state index contributed by atoms with van der Waals surface area (Å²) in [6, 6.07) is 6.24. The van der Waals surface area contributed by atoms with E-state index in [0.29, 0.717) is 0 Å². The molecule has 0 heterocycles. The number of halogens is 2. The van der Waals surface area contributed by atoms with Crippen LogP contribution in [0.2, 0.25) is 0 Å². The lowest BCUT2D eigenvalue weighted by molar-refractivity contribution is -0.384. The zero-order valence-corrected chi connectivity index (χ0v) is 15.2. The number of hydrogen-bond acceptors (Lipinski definition) is 6. The topological polar surface area (TPSA) is 102 Å². The van der Waals surface area contributed by atoms with E-state index in [1.807, 2.05) is 0 Å². The molecule has 28 heavy (non-hydrogen) atoms. The summed E-state index contributed by atoms with van der Waals surface area (Å²) >= 11 is 0. The molecule has 2 aromatic carbocycles. The molecule has 0 fully saturated rings. The van der Waals surface area contributed by atoms with E-state index in [4.69, 9.17) is 4.74 Å². The first-order valence-electron chi connectivity index (χ1n) is 8.02. The third kappa shape index (κ3) is 4.78. The third-order valence-corrected chi connectivity index (χ3v) is 3.73. The van der Waals surface area contributed by atoms with Gasteiger partial charge in [0.1, 0.15) is 17.3 Å². The summed E-state index contributed by atoms with van der Waals surface area (Å²) < 4.78 is 31.7. The number of amides is 1. The number of carbonyl (C=O) groups excluding carboxylic acids is 2. The van der Waals surface area contributed by atoms with Crippen LogP contribution in [0.5, 0.6) is 0 Å². The zero-order chi connectivity index (χ0) is 21.0. The number of nitrogens with one attached hydrogen (secondary N) is 1. The second-order valence-corrected chi connectivity index (χ2v) is 6.02. The number of hydrogen-bond donors (Lipinski definition) is 1. The third-order valence-electron chi connectivity index (χ3n) is 3.73. The lowest BCUT2D eigenvalue weighted by Crippen LogP contribution is -2.30. The van der Waals surface area contributed by atoms with Crippen molar-refractivity contribution in [2.75, 3.05) is 24.3 Å². The summed E-state index contributed by atoms with van der Waals surface area (Å²) in [5.74, 6) is -3.48. The van der Waals surface area contributed by atoms with E-state index in [1.165, 1.54) is 24.0 Å². The predicted octanol–water partition coefficient (Wildman–Crippen LogP) is 3.12. The fourth-order valence-corrected chi connectivity index (χ4v) is 2.28. The van der Waals surface area contributed by atoms with Gasteiger partial charge in [-0.2, -0.15) is 0 Å². The Balaban J connectivity index is 2.13. The Kier molecular flexibility index (Phi) is 6.24. The lowest BCUT2D eigenvalue weighted by Gasteiger charge is -2.15. The van der Waals surface area contributed by atoms with Gasteiger partial charge in [-0.05, 0) is 31.2 Å². The number of nitrogens with zero attached hydrogens (tertiary/aromatic N) is 2. The Labute approximate surface area is 158 Å². The number of carbonyl (C=O) groups is 2. The van der Waals surface area contributed by atoms with Gasteiger partial charge in [0.05, 0.1) is 16.2 Å². The molecule has 0 spiro atoms. The number of nitro groups is 1. The number of esters is 1. The van der Waals surface area contributed by atoms with Crippen LogP contribution in [-0.2, 0) is 9.53 Å². The number of nitro benzene ring substituents is 1. The minimum Gasteiger partial charge on any atom is -0.449 e. The molecule has 0 saturated heterocycles. The summed E-state index contributed by atoms with van der Waals surface area (Å²) in [5.41, 5.74) is -0.555. The first kappa shape index (κ1) is 20.7. The molecule has 0 unspecified atom stereocenters. The molecule has 1 amide bonds. The zero-order valence-electron chi connectivity index (χ0n) is 15.2. The van der Waals surface area contributed by atoms with Gasteiger partial charge in [-0.1, -0.05) is 0 Å². The van der Waals surface area contributed by atoms with Gasteiger partial charge in [-0.25, -0.2) is 13.6 Å². The number of rotatable bonds is 6. The lowest BCUT2D eigenvalue weighted by atomic mass is 10.1. The van der Waals surface area contributed by atoms with E-state index in [0.717, 1.165) is 24.3 Å². The molecule has 0 saturated carbocycles. The Morgan fingerprint density at radius 1 is 1.18 bits per heavy atom. The maximum atomic E-state index is 13.6. The van der Waals surface area contributed by atoms with Gasteiger partial charge >= 0.3 is 5.97 Å². The second-order valence-electron chi connectivity index (χ2n) is 6.02. The van der Waals surface area contributed by atoms with Crippen molar-refractivity contribution in [3.05, 3.63) is 63.7 Å². The van der Waals surface area contributed by atoms with Gasteiger partial charge in [0, 0.05) is 26.2 Å². The summed E-state index contributed by atoms with van der Waals surface area (Å²) in [5, 5.41) is 13.3. The first-order valence-corrected chi connectivity index (χ1v) is 8.02. The van der Waals surface area contributed by atoms with Crippen LogP contribution in [0.15, 0.2) is 36.4 Å². The molecule has 8 nitrogen and oxygen atoms in total. The van der Waals surface area contributed by atoms with Crippen molar-refractivity contribution in [1.82, 2.24) is 0 Å². The standard InChI is InChI=1S/C18H17F2N3O5/c1-10(17(24)21-14-9-12(19)5-6-13(14)20)28-18(25)11-4-7-15(22(2)3)16(8-11)23(26)27/h4-10H,1-3H3,(H,21,24)/t10-/m0/s1. The van der Waals surface area contributed by atoms with Gasteiger partial charge < -0.3 is 15.0 Å². The molecule has 0 radical (unpaired) electrons. The van der Waals surface area contributed by atoms with Gasteiger partial charge in [0.15, 0.2) is 6.10 Å². The molecular formula is C18H17F2N3O5. The monoisotopic (exact) mass is 393 g/mol. The highest BCUT2D eigenvalue weighted by atomic mass is 19.1. The Morgan fingerprint density at radius 3 is 2.46 bits per heavy atom. The van der Waals surface area contributed by atoms with Crippen LogP contribution in [0.3, 0.4) is 0 Å². The van der Waals surface area contributed by atoms with Crippen molar-refractivity contribution in [3.63, 3.8) is 0 Å². The first-order chi connectivity index (χ1) is 13.1. The van der Waals surface area contributed by atoms with Gasteiger partial charge in [-0.15, -0.1) is 0 Å². The van der Waals surface area contributed by atoms with E-state index in [1.54, 1.807) is 14.1 Å². The largest absolute Gasteiger partial charge is 0.449 e. The van der Waals surface area contributed by atoms with Crippen molar-refractivity contribution in [1.29, 1.82) is 0 Å². The number of benzene rings is 2. The quantitative estimate of drug-likeness (QED) is 0.460. The molecule has 2 rings (SSSR count). The summed E-state index contributed by atoms with van der Waals surface area (Å²) in [6.45, 7) is 1.23. The van der Waals surface area contributed by atoms with Crippen LogP contribution in [0.25, 0.3) is 0 Å². The minimum atomic E-state index is -1.36. The van der Waals surface area contributed by atoms with Crippen LogP contribution in [0.1, 0.15) is 17.3 Å². The Bertz CT molecular complexity index is 933. The molecule has 1 atom stereocenters. The fourth-order valence-electron chi connectivity index (χ4n) is 2.28. The van der Waals surface area contributed by atoms with Crippen molar-refractivity contribution >= 4 is 28.9 Å². The molecule has 0 aliphatic rings. The molecule has 10 heteroatoms. The normalized spacial score (nSPS) is 11.5. The molecule has 0 aliphatic heterocycles. The summed E-state index contributed by atoms with van der Waals surface area (Å²) in [7, 11) is 3.22. The minimum absolute atomic E-state index is 0.131. The van der Waals surface area contributed by atoms with Crippen LogP contribution in [0, 0.1) is 21.7 Å². The van der Waals surface area contributed by atoms with Crippen LogP contribution in [0.4, 0.5) is 25.8 Å². The SMILES string of the molecule is C[C@H](OC(=O)c1ccc(N(C)C)c([N+](=O)[O-])c1)C(=O)Nc1cc(F)ccc1F. The van der Waals surface area contributed by atoms with Crippen LogP contribution in [-0.4, -0.2) is 37.0 Å². The van der Waals surface area contributed by atoms with E-state index in [-0.39, 0.29) is 16.9 Å². The highest BCUT2D eigenvalue weighted by molar-refractivity contribution is 5.98. The highest BCUT2D eigenvalue weighted by Gasteiger charge is 2.23. The van der Waals surface area contributed by atoms with Crippen molar-refractivity contribution in [2.24, 2.45) is 0 Å². The molecule has 0 bridgehead atoms. The van der Waals surface area contributed by atoms with E-state index in [2.05, 4.69) is 5.32 Å². The maximum absolute atomic E-state index is 13.6. The fraction of sp³-hybridized carbons (Fsp3) is 0.222. The van der Waals surface area contributed by atoms with E-state index < -0.39 is 40.2 Å². The van der Waals surface area contributed by atoms with Crippen molar-refractivity contribution in [2.45, 2.75) is 13.0 Å². The molecule has 2 aromatic rings. The van der Waals surface area contributed by atoms with Gasteiger partial charge in [0.2, 0.25) is 0 Å². The van der Waals surface area contributed by atoms with Gasteiger partial charge in [0.25, 0.3) is 11.6 Å². The van der Waals surface area contributed by atoms with E-state index in [9.17, 15) is 28.5 Å². The Morgan fingerprint density at radius 2 is 1.86 bits per heavy atom. The maximum Gasteiger partial charge on any atom is 0.339 e. The molecular weight excluding hydrogens is 376 g/mol.